The number of rotatable bonds is 7. The zero-order chi connectivity index (χ0) is 12.7. The Morgan fingerprint density at radius 1 is 1.35 bits per heavy atom. The first kappa shape index (κ1) is 14.7. The molecule has 0 saturated carbocycles. The second-order valence-corrected chi connectivity index (χ2v) is 5.23. The largest absolute Gasteiger partial charge is 0.368 e. The molecule has 1 rings (SSSR count). The highest BCUT2D eigenvalue weighted by Crippen LogP contribution is 2.13. The van der Waals surface area contributed by atoms with Crippen molar-refractivity contribution in [3.63, 3.8) is 0 Å². The molecule has 0 aromatic rings. The maximum absolute atomic E-state index is 12.0. The van der Waals surface area contributed by atoms with Crippen molar-refractivity contribution in [2.45, 2.75) is 65.0 Å². The maximum Gasteiger partial charge on any atom is 0.162 e. The fourth-order valence-corrected chi connectivity index (χ4v) is 2.22. The number of ether oxygens (including phenoxy) is 1. The summed E-state index contributed by atoms with van der Waals surface area (Å²) in [5.41, 5.74) is 0. The van der Waals surface area contributed by atoms with E-state index in [1.54, 1.807) is 0 Å². The van der Waals surface area contributed by atoms with Crippen LogP contribution in [0.15, 0.2) is 0 Å². The molecule has 1 fully saturated rings. The van der Waals surface area contributed by atoms with Gasteiger partial charge in [-0.25, -0.2) is 0 Å². The van der Waals surface area contributed by atoms with Crippen LogP contribution < -0.4 is 0 Å². The van der Waals surface area contributed by atoms with Gasteiger partial charge in [-0.2, -0.15) is 0 Å². The summed E-state index contributed by atoms with van der Waals surface area (Å²) in [6.07, 6.45) is 5.16. The number of carbonyl (C=O) groups is 1. The van der Waals surface area contributed by atoms with Gasteiger partial charge in [0.05, 0.1) is 6.61 Å². The lowest BCUT2D eigenvalue weighted by Crippen LogP contribution is -2.48. The SMILES string of the molecule is CCCCCCC(=O)C1CN(C(C)C)CCO1. The minimum absolute atomic E-state index is 0.173. The third kappa shape index (κ3) is 5.17. The van der Waals surface area contributed by atoms with Gasteiger partial charge in [-0.05, 0) is 20.3 Å². The molecule has 1 heterocycles. The minimum atomic E-state index is -0.173. The molecule has 0 bridgehead atoms. The fraction of sp³-hybridized carbons (Fsp3) is 0.929. The molecular weight excluding hydrogens is 214 g/mol. The molecule has 0 aromatic heterocycles. The normalized spacial score (nSPS) is 22.0. The molecule has 17 heavy (non-hydrogen) atoms. The van der Waals surface area contributed by atoms with Crippen LogP contribution in [0.1, 0.15) is 52.9 Å². The number of hydrogen-bond donors (Lipinski definition) is 0. The molecule has 0 radical (unpaired) electrons. The van der Waals surface area contributed by atoms with Crippen molar-refractivity contribution >= 4 is 5.78 Å². The number of carbonyl (C=O) groups excluding carboxylic acids is 1. The summed E-state index contributed by atoms with van der Waals surface area (Å²) in [7, 11) is 0. The Hall–Kier alpha value is -0.410. The van der Waals surface area contributed by atoms with Gasteiger partial charge >= 0.3 is 0 Å². The van der Waals surface area contributed by atoms with Crippen molar-refractivity contribution in [2.75, 3.05) is 19.7 Å². The van der Waals surface area contributed by atoms with Crippen LogP contribution in [0.25, 0.3) is 0 Å². The highest BCUT2D eigenvalue weighted by Gasteiger charge is 2.26. The first-order valence-electron chi connectivity index (χ1n) is 7.03. The molecule has 1 unspecified atom stereocenters. The van der Waals surface area contributed by atoms with Crippen molar-refractivity contribution in [2.24, 2.45) is 0 Å². The Morgan fingerprint density at radius 2 is 2.12 bits per heavy atom. The van der Waals surface area contributed by atoms with E-state index in [4.69, 9.17) is 4.74 Å². The number of hydrogen-bond acceptors (Lipinski definition) is 3. The number of unbranched alkanes of at least 4 members (excludes halogenated alkanes) is 3. The van der Waals surface area contributed by atoms with E-state index in [9.17, 15) is 4.79 Å². The van der Waals surface area contributed by atoms with Gasteiger partial charge in [0.15, 0.2) is 5.78 Å². The standard InChI is InChI=1S/C14H27NO2/c1-4-5-6-7-8-13(16)14-11-15(12(2)3)9-10-17-14/h12,14H,4-11H2,1-3H3. The summed E-state index contributed by atoms with van der Waals surface area (Å²) in [5.74, 6) is 0.298. The van der Waals surface area contributed by atoms with E-state index < -0.39 is 0 Å². The second kappa shape index (κ2) is 7.83. The predicted octanol–water partition coefficient (Wildman–Crippen LogP) is 2.64. The van der Waals surface area contributed by atoms with E-state index in [0.29, 0.717) is 24.9 Å². The average Bonchev–Trinajstić information content (AvgIpc) is 2.34. The maximum atomic E-state index is 12.0. The van der Waals surface area contributed by atoms with E-state index in [2.05, 4.69) is 25.7 Å². The molecule has 1 atom stereocenters. The average molecular weight is 241 g/mol. The monoisotopic (exact) mass is 241 g/mol. The minimum Gasteiger partial charge on any atom is -0.368 e. The fourth-order valence-electron chi connectivity index (χ4n) is 2.22. The lowest BCUT2D eigenvalue weighted by Gasteiger charge is -2.34. The summed E-state index contributed by atoms with van der Waals surface area (Å²) in [6, 6.07) is 0.509. The van der Waals surface area contributed by atoms with Crippen LogP contribution in [-0.4, -0.2) is 42.5 Å². The molecule has 0 N–H and O–H groups in total. The summed E-state index contributed by atoms with van der Waals surface area (Å²) in [5, 5.41) is 0. The number of nitrogens with zero attached hydrogens (tertiary/aromatic N) is 1. The Morgan fingerprint density at radius 3 is 2.76 bits per heavy atom. The molecule has 1 aliphatic heterocycles. The smallest absolute Gasteiger partial charge is 0.162 e. The number of Topliss-reactive ketones (excluding diaryl/α,β-unsaturated/α-hetero) is 1. The van der Waals surface area contributed by atoms with Crippen molar-refractivity contribution in [3.8, 4) is 0 Å². The number of ketones is 1. The molecule has 0 spiro atoms. The van der Waals surface area contributed by atoms with Gasteiger partial charge in [0.1, 0.15) is 6.10 Å². The quantitative estimate of drug-likeness (QED) is 0.642. The van der Waals surface area contributed by atoms with Crippen LogP contribution in [0.4, 0.5) is 0 Å². The summed E-state index contributed by atoms with van der Waals surface area (Å²) in [6.45, 7) is 8.97. The van der Waals surface area contributed by atoms with Gasteiger partial charge in [-0.15, -0.1) is 0 Å². The van der Waals surface area contributed by atoms with Gasteiger partial charge in [0, 0.05) is 25.6 Å². The van der Waals surface area contributed by atoms with Gasteiger partial charge in [0.2, 0.25) is 0 Å². The van der Waals surface area contributed by atoms with Crippen LogP contribution in [0.3, 0.4) is 0 Å². The first-order valence-corrected chi connectivity index (χ1v) is 7.03. The highest BCUT2D eigenvalue weighted by molar-refractivity contribution is 5.83. The third-order valence-electron chi connectivity index (χ3n) is 3.46. The molecule has 0 aromatic carbocycles. The lowest BCUT2D eigenvalue weighted by atomic mass is 10.0. The van der Waals surface area contributed by atoms with E-state index in [-0.39, 0.29) is 6.10 Å². The van der Waals surface area contributed by atoms with Crippen molar-refractivity contribution in [1.82, 2.24) is 4.90 Å². The van der Waals surface area contributed by atoms with Crippen molar-refractivity contribution < 1.29 is 9.53 Å². The van der Waals surface area contributed by atoms with Gasteiger partial charge < -0.3 is 4.74 Å². The topological polar surface area (TPSA) is 29.5 Å². The Kier molecular flexibility index (Phi) is 6.75. The predicted molar refractivity (Wildman–Crippen MR) is 70.2 cm³/mol. The zero-order valence-electron chi connectivity index (χ0n) is 11.6. The molecule has 0 aliphatic carbocycles. The second-order valence-electron chi connectivity index (χ2n) is 5.23. The van der Waals surface area contributed by atoms with E-state index in [1.165, 1.54) is 19.3 Å². The Labute approximate surface area is 106 Å². The van der Waals surface area contributed by atoms with Crippen LogP contribution in [0.2, 0.25) is 0 Å². The van der Waals surface area contributed by atoms with Crippen molar-refractivity contribution in [3.05, 3.63) is 0 Å². The Balaban J connectivity index is 2.26. The molecule has 0 amide bonds. The lowest BCUT2D eigenvalue weighted by molar-refractivity contribution is -0.137. The summed E-state index contributed by atoms with van der Waals surface area (Å²) >= 11 is 0. The molecular formula is C14H27NO2. The molecule has 1 aliphatic rings. The van der Waals surface area contributed by atoms with Crippen molar-refractivity contribution in [1.29, 1.82) is 0 Å². The van der Waals surface area contributed by atoms with Gasteiger partial charge in [-0.1, -0.05) is 26.2 Å². The van der Waals surface area contributed by atoms with Crippen LogP contribution in [-0.2, 0) is 9.53 Å². The van der Waals surface area contributed by atoms with E-state index in [0.717, 1.165) is 19.5 Å². The summed E-state index contributed by atoms with van der Waals surface area (Å²) < 4.78 is 5.59. The number of morpholine rings is 1. The summed E-state index contributed by atoms with van der Waals surface area (Å²) in [4.78, 5) is 14.3. The molecule has 3 nitrogen and oxygen atoms in total. The molecule has 3 heteroatoms. The highest BCUT2D eigenvalue weighted by atomic mass is 16.5. The zero-order valence-corrected chi connectivity index (χ0v) is 11.6. The first-order chi connectivity index (χ1) is 8.15. The van der Waals surface area contributed by atoms with Gasteiger partial charge in [0.25, 0.3) is 0 Å². The molecule has 1 saturated heterocycles. The van der Waals surface area contributed by atoms with Crippen LogP contribution >= 0.6 is 0 Å². The molecule has 100 valence electrons. The van der Waals surface area contributed by atoms with Crippen LogP contribution in [0.5, 0.6) is 0 Å². The Bertz CT molecular complexity index is 228. The third-order valence-corrected chi connectivity index (χ3v) is 3.46. The van der Waals surface area contributed by atoms with E-state index >= 15 is 0 Å². The van der Waals surface area contributed by atoms with Crippen LogP contribution in [0, 0.1) is 0 Å². The van der Waals surface area contributed by atoms with Gasteiger partial charge in [-0.3, -0.25) is 9.69 Å². The van der Waals surface area contributed by atoms with E-state index in [1.807, 2.05) is 0 Å².